The Bertz CT molecular complexity index is 333. The predicted octanol–water partition coefficient (Wildman–Crippen LogP) is 1.81. The average molecular weight is 234 g/mol. The Hall–Kier alpha value is -1.13. The molecule has 0 bridgehead atoms. The van der Waals surface area contributed by atoms with E-state index in [9.17, 15) is 9.18 Å². The van der Waals surface area contributed by atoms with E-state index in [0.717, 1.165) is 0 Å². The second-order valence-electron chi connectivity index (χ2n) is 2.91. The first-order chi connectivity index (χ1) is 6.65. The zero-order valence-electron chi connectivity index (χ0n) is 8.27. The largest absolute Gasteiger partial charge is 0.469 e. The summed E-state index contributed by atoms with van der Waals surface area (Å²) in [7, 11) is 1.27. The van der Waals surface area contributed by atoms with E-state index < -0.39 is 17.8 Å². The van der Waals surface area contributed by atoms with Gasteiger partial charge in [0.15, 0.2) is 0 Å². The van der Waals surface area contributed by atoms with Crippen LogP contribution < -0.4 is 5.73 Å². The van der Waals surface area contributed by atoms with Gasteiger partial charge in [0.25, 0.3) is 0 Å². The Balaban J connectivity index is 0.00000196. The normalized spacial score (nSPS) is 11.4. The van der Waals surface area contributed by atoms with Crippen molar-refractivity contribution in [2.24, 2.45) is 5.73 Å². The number of ether oxygens (including phenoxy) is 1. The van der Waals surface area contributed by atoms with Gasteiger partial charge in [-0.1, -0.05) is 18.2 Å². The lowest BCUT2D eigenvalue weighted by atomic mass is 10.0. The summed E-state index contributed by atoms with van der Waals surface area (Å²) < 4.78 is 17.6. The first kappa shape index (κ1) is 13.9. The lowest BCUT2D eigenvalue weighted by Gasteiger charge is -2.10. The lowest BCUT2D eigenvalue weighted by Crippen LogP contribution is -2.17. The van der Waals surface area contributed by atoms with Gasteiger partial charge in [-0.2, -0.15) is 0 Å². The van der Waals surface area contributed by atoms with Crippen LogP contribution in [0.25, 0.3) is 0 Å². The highest BCUT2D eigenvalue weighted by Crippen LogP contribution is 2.17. The maximum atomic E-state index is 13.2. The third-order valence-corrected chi connectivity index (χ3v) is 1.92. The molecule has 1 aromatic carbocycles. The van der Waals surface area contributed by atoms with Gasteiger partial charge >= 0.3 is 5.97 Å². The van der Waals surface area contributed by atoms with Crippen LogP contribution in [-0.4, -0.2) is 13.1 Å². The highest BCUT2D eigenvalue weighted by Gasteiger charge is 2.14. The SMILES string of the molecule is COC(=O)CC(N)c1ccccc1F.Cl. The molecule has 0 aromatic heterocycles. The number of benzene rings is 1. The number of methoxy groups -OCH3 is 1. The molecule has 84 valence electrons. The van der Waals surface area contributed by atoms with Crippen LogP contribution in [0.2, 0.25) is 0 Å². The Labute approximate surface area is 93.8 Å². The fourth-order valence-electron chi connectivity index (χ4n) is 1.15. The fourth-order valence-corrected chi connectivity index (χ4v) is 1.15. The summed E-state index contributed by atoms with van der Waals surface area (Å²) >= 11 is 0. The fraction of sp³-hybridized carbons (Fsp3) is 0.300. The van der Waals surface area contributed by atoms with Crippen LogP contribution >= 0.6 is 12.4 Å². The second-order valence-corrected chi connectivity index (χ2v) is 2.91. The molecule has 0 heterocycles. The van der Waals surface area contributed by atoms with E-state index in [1.165, 1.54) is 13.2 Å². The number of carbonyl (C=O) groups excluding carboxylic acids is 1. The third-order valence-electron chi connectivity index (χ3n) is 1.92. The molecule has 1 rings (SSSR count). The average Bonchev–Trinajstić information content (AvgIpc) is 2.18. The molecule has 0 spiro atoms. The minimum Gasteiger partial charge on any atom is -0.469 e. The van der Waals surface area contributed by atoms with E-state index in [0.29, 0.717) is 5.56 Å². The minimum atomic E-state index is -0.649. The number of rotatable bonds is 3. The predicted molar refractivity (Wildman–Crippen MR) is 57.2 cm³/mol. The van der Waals surface area contributed by atoms with Gasteiger partial charge in [0, 0.05) is 11.6 Å². The smallest absolute Gasteiger partial charge is 0.307 e. The summed E-state index contributed by atoms with van der Waals surface area (Å²) in [5.41, 5.74) is 5.96. The molecule has 0 fully saturated rings. The van der Waals surface area contributed by atoms with E-state index in [4.69, 9.17) is 5.73 Å². The highest BCUT2D eigenvalue weighted by atomic mass is 35.5. The molecule has 0 radical (unpaired) electrons. The number of halogens is 2. The molecule has 5 heteroatoms. The molecule has 0 saturated carbocycles. The van der Waals surface area contributed by atoms with Crippen molar-refractivity contribution in [1.29, 1.82) is 0 Å². The summed E-state index contributed by atoms with van der Waals surface area (Å²) in [5.74, 6) is -0.843. The monoisotopic (exact) mass is 233 g/mol. The molecule has 1 unspecified atom stereocenters. The second kappa shape index (κ2) is 6.37. The van der Waals surface area contributed by atoms with Crippen molar-refractivity contribution in [2.45, 2.75) is 12.5 Å². The maximum absolute atomic E-state index is 13.2. The minimum absolute atomic E-state index is 0. The van der Waals surface area contributed by atoms with Gasteiger partial charge < -0.3 is 10.5 Å². The van der Waals surface area contributed by atoms with Crippen LogP contribution in [-0.2, 0) is 9.53 Å². The van der Waals surface area contributed by atoms with Gasteiger partial charge in [-0.25, -0.2) is 4.39 Å². The molecular weight excluding hydrogens is 221 g/mol. The van der Waals surface area contributed by atoms with Gasteiger partial charge in [0.05, 0.1) is 13.5 Å². The van der Waals surface area contributed by atoms with Crippen molar-refractivity contribution < 1.29 is 13.9 Å². The summed E-state index contributed by atoms with van der Waals surface area (Å²) in [6, 6.07) is 5.47. The Morgan fingerprint density at radius 2 is 2.13 bits per heavy atom. The summed E-state index contributed by atoms with van der Waals surface area (Å²) in [6.07, 6.45) is -0.0164. The molecular formula is C10H13ClFNO2. The Morgan fingerprint density at radius 1 is 1.53 bits per heavy atom. The first-order valence-electron chi connectivity index (χ1n) is 4.22. The topological polar surface area (TPSA) is 52.3 Å². The van der Waals surface area contributed by atoms with Crippen molar-refractivity contribution in [3.8, 4) is 0 Å². The molecule has 2 N–H and O–H groups in total. The molecule has 15 heavy (non-hydrogen) atoms. The Kier molecular flexibility index (Phi) is 5.89. The van der Waals surface area contributed by atoms with E-state index >= 15 is 0 Å². The van der Waals surface area contributed by atoms with Crippen LogP contribution in [0.4, 0.5) is 4.39 Å². The number of nitrogens with two attached hydrogens (primary N) is 1. The highest BCUT2D eigenvalue weighted by molar-refractivity contribution is 5.85. The standard InChI is InChI=1S/C10H12FNO2.ClH/c1-14-10(13)6-9(12)7-4-2-3-5-8(7)11;/h2-5,9H,6,12H2,1H3;1H. The zero-order valence-corrected chi connectivity index (χ0v) is 9.09. The van der Waals surface area contributed by atoms with E-state index in [1.807, 2.05) is 0 Å². The third kappa shape index (κ3) is 3.85. The van der Waals surface area contributed by atoms with Gasteiger partial charge in [-0.05, 0) is 6.07 Å². The molecule has 0 aliphatic heterocycles. The van der Waals surface area contributed by atoms with Gasteiger partial charge in [0.1, 0.15) is 5.82 Å². The van der Waals surface area contributed by atoms with Gasteiger partial charge in [0.2, 0.25) is 0 Å². The molecule has 0 aliphatic carbocycles. The van der Waals surface area contributed by atoms with Crippen LogP contribution in [0.15, 0.2) is 24.3 Å². The van der Waals surface area contributed by atoms with Crippen LogP contribution in [0.1, 0.15) is 18.0 Å². The zero-order chi connectivity index (χ0) is 10.6. The Morgan fingerprint density at radius 3 is 2.67 bits per heavy atom. The molecule has 0 saturated heterocycles. The van der Waals surface area contributed by atoms with Gasteiger partial charge in [-0.15, -0.1) is 12.4 Å². The quantitative estimate of drug-likeness (QED) is 0.811. The van der Waals surface area contributed by atoms with E-state index in [1.54, 1.807) is 18.2 Å². The summed E-state index contributed by atoms with van der Waals surface area (Å²) in [5, 5.41) is 0. The van der Waals surface area contributed by atoms with Crippen molar-refractivity contribution in [2.75, 3.05) is 7.11 Å². The molecule has 1 aromatic rings. The molecule has 1 atom stereocenters. The van der Waals surface area contributed by atoms with Crippen LogP contribution in [0.5, 0.6) is 0 Å². The van der Waals surface area contributed by atoms with Crippen LogP contribution in [0, 0.1) is 5.82 Å². The first-order valence-corrected chi connectivity index (χ1v) is 4.22. The molecule has 0 aliphatic rings. The number of hydrogen-bond donors (Lipinski definition) is 1. The summed E-state index contributed by atoms with van der Waals surface area (Å²) in [4.78, 5) is 10.9. The van der Waals surface area contributed by atoms with Gasteiger partial charge in [-0.3, -0.25) is 4.79 Å². The molecule has 3 nitrogen and oxygen atoms in total. The van der Waals surface area contributed by atoms with Crippen molar-refractivity contribution in [3.63, 3.8) is 0 Å². The van der Waals surface area contributed by atoms with Crippen molar-refractivity contribution in [3.05, 3.63) is 35.6 Å². The van der Waals surface area contributed by atoms with Crippen molar-refractivity contribution >= 4 is 18.4 Å². The van der Waals surface area contributed by atoms with E-state index in [-0.39, 0.29) is 18.8 Å². The summed E-state index contributed by atoms with van der Waals surface area (Å²) in [6.45, 7) is 0. The van der Waals surface area contributed by atoms with Crippen LogP contribution in [0.3, 0.4) is 0 Å². The lowest BCUT2D eigenvalue weighted by molar-refractivity contribution is -0.141. The number of hydrogen-bond acceptors (Lipinski definition) is 3. The molecule has 0 amide bonds. The maximum Gasteiger partial charge on any atom is 0.307 e. The number of esters is 1. The number of carbonyl (C=O) groups is 1. The van der Waals surface area contributed by atoms with E-state index in [2.05, 4.69) is 4.74 Å². The van der Waals surface area contributed by atoms with Crippen molar-refractivity contribution in [1.82, 2.24) is 0 Å².